The van der Waals surface area contributed by atoms with Gasteiger partial charge in [0.05, 0.1) is 9.86 Å². The molecule has 0 atom stereocenters. The highest BCUT2D eigenvalue weighted by Crippen LogP contribution is 2.36. The molecule has 1 N–H and O–H groups in total. The second-order valence-corrected chi connectivity index (χ2v) is 9.87. The lowest BCUT2D eigenvalue weighted by Crippen LogP contribution is -2.11. The Kier molecular flexibility index (Phi) is 4.91. The normalized spacial score (nSPS) is 14.5. The van der Waals surface area contributed by atoms with Crippen LogP contribution in [0.15, 0.2) is 45.7 Å². The third kappa shape index (κ3) is 3.47. The van der Waals surface area contributed by atoms with E-state index in [0.29, 0.717) is 18.2 Å². The van der Waals surface area contributed by atoms with Crippen LogP contribution in [-0.4, -0.2) is 16.8 Å². The first-order valence-electron chi connectivity index (χ1n) is 10.5. The fourth-order valence-corrected chi connectivity index (χ4v) is 6.01. The highest BCUT2D eigenvalue weighted by Gasteiger charge is 2.20. The first-order valence-corrected chi connectivity index (χ1v) is 12.1. The molecule has 6 rings (SSSR count). The summed E-state index contributed by atoms with van der Waals surface area (Å²) in [6.07, 6.45) is 4.35. The maximum Gasteiger partial charge on any atom is 0.260 e. The number of H-pyrrole nitrogens is 1. The van der Waals surface area contributed by atoms with Gasteiger partial charge in [0.2, 0.25) is 6.79 Å². The number of rotatable bonds is 4. The van der Waals surface area contributed by atoms with Crippen LogP contribution in [0.1, 0.15) is 28.8 Å². The molecule has 0 radical (unpaired) electrons. The lowest BCUT2D eigenvalue weighted by atomic mass is 9.97. The molecule has 2 aliphatic rings. The minimum atomic E-state index is -0.0522. The molecule has 1 aliphatic heterocycles. The Bertz CT molecular complexity index is 1410. The fraction of sp³-hybridized carbons (Fsp3) is 0.250. The minimum absolute atomic E-state index is 0.0522. The van der Waals surface area contributed by atoms with Crippen LogP contribution >= 0.6 is 27.3 Å². The summed E-state index contributed by atoms with van der Waals surface area (Å²) in [4.78, 5) is 22.8. The van der Waals surface area contributed by atoms with E-state index in [-0.39, 0.29) is 12.4 Å². The largest absolute Gasteiger partial charge is 0.488 e. The Morgan fingerprint density at radius 3 is 2.88 bits per heavy atom. The molecule has 0 amide bonds. The summed E-state index contributed by atoms with van der Waals surface area (Å²) in [5, 5.41) is 0.774. The van der Waals surface area contributed by atoms with Crippen molar-refractivity contribution in [3.8, 4) is 28.6 Å². The molecule has 32 heavy (non-hydrogen) atoms. The van der Waals surface area contributed by atoms with Gasteiger partial charge in [-0.15, -0.1) is 11.3 Å². The third-order valence-electron chi connectivity index (χ3n) is 5.86. The number of hydrogen-bond acceptors (Lipinski definition) is 6. The van der Waals surface area contributed by atoms with Crippen LogP contribution in [0, 0.1) is 0 Å². The number of halogens is 1. The molecule has 2 aromatic heterocycles. The minimum Gasteiger partial charge on any atom is -0.488 e. The molecule has 6 nitrogen and oxygen atoms in total. The average molecular weight is 511 g/mol. The van der Waals surface area contributed by atoms with Gasteiger partial charge in [-0.25, -0.2) is 4.98 Å². The van der Waals surface area contributed by atoms with Crippen LogP contribution in [0.5, 0.6) is 17.2 Å². The van der Waals surface area contributed by atoms with Crippen LogP contribution in [0.3, 0.4) is 0 Å². The van der Waals surface area contributed by atoms with Gasteiger partial charge in [0.1, 0.15) is 23.0 Å². The van der Waals surface area contributed by atoms with Gasteiger partial charge in [0, 0.05) is 10.4 Å². The summed E-state index contributed by atoms with van der Waals surface area (Å²) in [6.45, 7) is 0.652. The van der Waals surface area contributed by atoms with Crippen LogP contribution in [0.25, 0.3) is 21.6 Å². The fourth-order valence-electron chi connectivity index (χ4n) is 4.26. The molecule has 0 unspecified atom stereocenters. The maximum atomic E-state index is 12.9. The highest BCUT2D eigenvalue weighted by atomic mass is 79.9. The molecule has 0 saturated heterocycles. The molecular formula is C24H19BrN2O4S. The molecule has 162 valence electrons. The molecular weight excluding hydrogens is 492 g/mol. The van der Waals surface area contributed by atoms with Crippen molar-refractivity contribution in [2.75, 3.05) is 6.79 Å². The molecule has 0 bridgehead atoms. The number of nitrogens with one attached hydrogen (secondary N) is 1. The number of aryl methyl sites for hydroxylation is 2. The van der Waals surface area contributed by atoms with E-state index in [1.165, 1.54) is 16.9 Å². The van der Waals surface area contributed by atoms with Crippen molar-refractivity contribution in [2.24, 2.45) is 0 Å². The molecule has 2 aromatic carbocycles. The summed E-state index contributed by atoms with van der Waals surface area (Å²) >= 11 is 5.25. The number of aromatic nitrogens is 2. The Hall–Kier alpha value is -2.84. The van der Waals surface area contributed by atoms with Gasteiger partial charge in [0.25, 0.3) is 5.56 Å². The number of thiophene rings is 1. The van der Waals surface area contributed by atoms with Crippen LogP contribution in [0.4, 0.5) is 0 Å². The van der Waals surface area contributed by atoms with Crippen molar-refractivity contribution in [1.29, 1.82) is 0 Å². The lowest BCUT2D eigenvalue weighted by molar-refractivity contribution is 0.174. The quantitative estimate of drug-likeness (QED) is 0.386. The predicted octanol–water partition coefficient (Wildman–Crippen LogP) is 5.60. The first-order chi connectivity index (χ1) is 15.7. The van der Waals surface area contributed by atoms with Gasteiger partial charge in [-0.1, -0.05) is 6.07 Å². The number of aromatic amines is 1. The summed E-state index contributed by atoms with van der Waals surface area (Å²) in [5.74, 6) is 2.77. The Balaban J connectivity index is 1.26. The summed E-state index contributed by atoms with van der Waals surface area (Å²) in [7, 11) is 0. The summed E-state index contributed by atoms with van der Waals surface area (Å²) in [5.41, 5.74) is 2.97. The number of ether oxygens (including phenoxy) is 3. The van der Waals surface area contributed by atoms with E-state index in [1.54, 1.807) is 11.3 Å². The van der Waals surface area contributed by atoms with Crippen molar-refractivity contribution in [3.63, 3.8) is 0 Å². The van der Waals surface area contributed by atoms with Gasteiger partial charge in [-0.3, -0.25) is 4.79 Å². The number of fused-ring (bicyclic) bond motifs is 4. The zero-order valence-electron chi connectivity index (χ0n) is 17.1. The van der Waals surface area contributed by atoms with E-state index in [0.717, 1.165) is 56.6 Å². The number of benzene rings is 2. The first kappa shape index (κ1) is 19.8. The molecule has 1 aliphatic carbocycles. The molecule has 4 aromatic rings. The smallest absolute Gasteiger partial charge is 0.260 e. The van der Waals surface area contributed by atoms with Gasteiger partial charge in [-0.05, 0) is 83.1 Å². The monoisotopic (exact) mass is 510 g/mol. The second-order valence-electron chi connectivity index (χ2n) is 7.93. The van der Waals surface area contributed by atoms with Gasteiger partial charge in [0.15, 0.2) is 11.5 Å². The average Bonchev–Trinajstić information content (AvgIpc) is 3.42. The van der Waals surface area contributed by atoms with E-state index >= 15 is 0 Å². The molecule has 0 saturated carbocycles. The van der Waals surface area contributed by atoms with Crippen molar-refractivity contribution < 1.29 is 14.2 Å². The van der Waals surface area contributed by atoms with Crippen LogP contribution in [-0.2, 0) is 19.4 Å². The summed E-state index contributed by atoms with van der Waals surface area (Å²) in [6, 6.07) is 11.5. The lowest BCUT2D eigenvalue weighted by Gasteiger charge is -2.11. The van der Waals surface area contributed by atoms with Gasteiger partial charge < -0.3 is 19.2 Å². The van der Waals surface area contributed by atoms with Gasteiger partial charge >= 0.3 is 0 Å². The molecule has 0 fully saturated rings. The van der Waals surface area contributed by atoms with E-state index < -0.39 is 0 Å². The van der Waals surface area contributed by atoms with Crippen molar-refractivity contribution in [3.05, 3.63) is 67.2 Å². The van der Waals surface area contributed by atoms with E-state index in [2.05, 4.69) is 20.9 Å². The Morgan fingerprint density at radius 2 is 1.97 bits per heavy atom. The second kappa shape index (κ2) is 7.94. The molecule has 8 heteroatoms. The van der Waals surface area contributed by atoms with Crippen LogP contribution < -0.4 is 19.8 Å². The zero-order chi connectivity index (χ0) is 21.7. The maximum absolute atomic E-state index is 12.9. The SMILES string of the molecule is O=c1[nH]c(-c2ccc(OCc3ccc4c(c3)OCO4)c(Br)c2)nc2sc3c(c12)CCCC3. The number of hydrogen-bond donors (Lipinski definition) is 1. The van der Waals surface area contributed by atoms with Crippen LogP contribution in [0.2, 0.25) is 0 Å². The van der Waals surface area contributed by atoms with Crippen molar-refractivity contribution in [1.82, 2.24) is 9.97 Å². The summed E-state index contributed by atoms with van der Waals surface area (Å²) < 4.78 is 17.6. The Morgan fingerprint density at radius 1 is 1.09 bits per heavy atom. The molecule has 3 heterocycles. The Labute approximate surface area is 196 Å². The van der Waals surface area contributed by atoms with E-state index in [9.17, 15) is 4.79 Å². The zero-order valence-corrected chi connectivity index (χ0v) is 19.5. The highest BCUT2D eigenvalue weighted by molar-refractivity contribution is 9.10. The van der Waals surface area contributed by atoms with Crippen molar-refractivity contribution >= 4 is 37.5 Å². The van der Waals surface area contributed by atoms with E-state index in [4.69, 9.17) is 19.2 Å². The predicted molar refractivity (Wildman–Crippen MR) is 127 cm³/mol. The molecule has 0 spiro atoms. The van der Waals surface area contributed by atoms with Gasteiger partial charge in [-0.2, -0.15) is 0 Å². The van der Waals surface area contributed by atoms with E-state index in [1.807, 2.05) is 36.4 Å². The van der Waals surface area contributed by atoms with Crippen molar-refractivity contribution in [2.45, 2.75) is 32.3 Å². The topological polar surface area (TPSA) is 73.4 Å². The standard InChI is InChI=1S/C24H19BrN2O4S/c25-16-10-14(6-8-17(16)29-11-13-5-7-18-19(9-13)31-12-30-18)22-26-23(28)21-15-3-1-2-4-20(15)32-24(21)27-22/h5-10H,1-4,11-12H2,(H,26,27,28). The number of nitrogens with zero attached hydrogens (tertiary/aromatic N) is 1. The third-order valence-corrected chi connectivity index (χ3v) is 7.67.